The van der Waals surface area contributed by atoms with Gasteiger partial charge in [-0.3, -0.25) is 0 Å². The quantitative estimate of drug-likeness (QED) is 0.675. The number of ether oxygens (including phenoxy) is 2. The van der Waals surface area contributed by atoms with Gasteiger partial charge in [-0.05, 0) is 54.1 Å². The number of benzene rings is 3. The minimum atomic E-state index is 0.371. The second kappa shape index (κ2) is 7.68. The van der Waals surface area contributed by atoms with Crippen molar-refractivity contribution in [1.82, 2.24) is 0 Å². The first-order valence-corrected chi connectivity index (χ1v) is 7.67. The van der Waals surface area contributed by atoms with Gasteiger partial charge in [0, 0.05) is 6.07 Å². The Bertz CT molecular complexity index is 951. The molecule has 0 heterocycles. The lowest BCUT2D eigenvalue weighted by Crippen LogP contribution is -1.96. The van der Waals surface area contributed by atoms with Gasteiger partial charge < -0.3 is 9.47 Å². The molecule has 0 saturated carbocycles. The number of rotatable bonds is 5. The normalized spacial score (nSPS) is 9.68. The first-order chi connectivity index (χ1) is 12.3. The van der Waals surface area contributed by atoms with Crippen molar-refractivity contribution in [2.75, 3.05) is 0 Å². The number of nitriles is 2. The lowest BCUT2D eigenvalue weighted by Gasteiger charge is -2.09. The third-order valence-electron chi connectivity index (χ3n) is 3.49. The van der Waals surface area contributed by atoms with E-state index in [1.165, 1.54) is 0 Å². The van der Waals surface area contributed by atoms with Crippen LogP contribution in [0.3, 0.4) is 0 Å². The highest BCUT2D eigenvalue weighted by Gasteiger charge is 2.02. The molecule has 0 saturated heterocycles. The summed E-state index contributed by atoms with van der Waals surface area (Å²) in [6.45, 7) is 0.371. The number of nitrogens with zero attached hydrogens (tertiary/aromatic N) is 2. The molecule has 0 aromatic heterocycles. The van der Waals surface area contributed by atoms with Crippen LogP contribution < -0.4 is 9.47 Å². The summed E-state index contributed by atoms with van der Waals surface area (Å²) in [5, 5.41) is 17.7. The second-order valence-corrected chi connectivity index (χ2v) is 5.31. The summed E-state index contributed by atoms with van der Waals surface area (Å²) >= 11 is 0. The van der Waals surface area contributed by atoms with Crippen LogP contribution in [0.2, 0.25) is 0 Å². The molecule has 0 bridgehead atoms. The van der Waals surface area contributed by atoms with Gasteiger partial charge in [0.1, 0.15) is 23.9 Å². The Morgan fingerprint density at radius 3 is 2.16 bits per heavy atom. The average Bonchev–Trinajstić information content (AvgIpc) is 2.67. The summed E-state index contributed by atoms with van der Waals surface area (Å²) in [6.07, 6.45) is 0. The van der Waals surface area contributed by atoms with E-state index in [4.69, 9.17) is 20.0 Å². The summed E-state index contributed by atoms with van der Waals surface area (Å²) in [5.41, 5.74) is 2.13. The first-order valence-electron chi connectivity index (χ1n) is 7.67. The Morgan fingerprint density at radius 1 is 0.680 bits per heavy atom. The Kier molecular flexibility index (Phi) is 4.95. The molecule has 0 fully saturated rings. The van der Waals surface area contributed by atoms with Gasteiger partial charge in [0.05, 0.1) is 23.3 Å². The second-order valence-electron chi connectivity index (χ2n) is 5.31. The Hall–Kier alpha value is -3.76. The van der Waals surface area contributed by atoms with Crippen molar-refractivity contribution in [1.29, 1.82) is 10.5 Å². The van der Waals surface area contributed by atoms with Gasteiger partial charge in [0.15, 0.2) is 0 Å². The molecular weight excluding hydrogens is 312 g/mol. The van der Waals surface area contributed by atoms with Crippen LogP contribution in [-0.2, 0) is 6.61 Å². The van der Waals surface area contributed by atoms with E-state index in [0.29, 0.717) is 35.0 Å². The third-order valence-corrected chi connectivity index (χ3v) is 3.49. The van der Waals surface area contributed by atoms with Crippen molar-refractivity contribution in [3.05, 3.63) is 89.5 Å². The van der Waals surface area contributed by atoms with E-state index in [9.17, 15) is 0 Å². The molecule has 4 nitrogen and oxygen atoms in total. The van der Waals surface area contributed by atoms with Crippen molar-refractivity contribution in [3.8, 4) is 29.4 Å². The standard InChI is InChI=1S/C21H14N2O2/c22-13-16-7-9-19(10-8-16)25-21-6-2-5-20(12-21)24-15-18-4-1-3-17(11-18)14-23/h1-12H,15H2. The highest BCUT2D eigenvalue weighted by atomic mass is 16.5. The van der Waals surface area contributed by atoms with Crippen molar-refractivity contribution in [2.45, 2.75) is 6.61 Å². The average molecular weight is 326 g/mol. The van der Waals surface area contributed by atoms with E-state index in [1.54, 1.807) is 42.5 Å². The molecule has 0 atom stereocenters. The van der Waals surface area contributed by atoms with Gasteiger partial charge in [-0.1, -0.05) is 18.2 Å². The largest absolute Gasteiger partial charge is 0.489 e. The molecule has 0 aliphatic carbocycles. The Labute approximate surface area is 146 Å². The van der Waals surface area contributed by atoms with Crippen LogP contribution in [0.25, 0.3) is 0 Å². The van der Waals surface area contributed by atoms with E-state index in [1.807, 2.05) is 30.3 Å². The van der Waals surface area contributed by atoms with Crippen molar-refractivity contribution in [3.63, 3.8) is 0 Å². The molecule has 25 heavy (non-hydrogen) atoms. The molecule has 0 N–H and O–H groups in total. The fourth-order valence-electron chi connectivity index (χ4n) is 2.26. The smallest absolute Gasteiger partial charge is 0.131 e. The maximum atomic E-state index is 8.93. The van der Waals surface area contributed by atoms with Crippen molar-refractivity contribution < 1.29 is 9.47 Å². The van der Waals surface area contributed by atoms with E-state index in [0.717, 1.165) is 5.56 Å². The summed E-state index contributed by atoms with van der Waals surface area (Å²) in [7, 11) is 0. The molecule has 120 valence electrons. The molecule has 0 radical (unpaired) electrons. The molecule has 0 unspecified atom stereocenters. The Morgan fingerprint density at radius 2 is 1.40 bits per heavy atom. The predicted octanol–water partition coefficient (Wildman–Crippen LogP) is 4.80. The van der Waals surface area contributed by atoms with E-state index >= 15 is 0 Å². The Balaban J connectivity index is 1.66. The molecule has 0 spiro atoms. The maximum Gasteiger partial charge on any atom is 0.131 e. The predicted molar refractivity (Wildman–Crippen MR) is 93.2 cm³/mol. The summed E-state index contributed by atoms with van der Waals surface area (Å²) in [4.78, 5) is 0. The highest BCUT2D eigenvalue weighted by Crippen LogP contribution is 2.26. The highest BCUT2D eigenvalue weighted by molar-refractivity contribution is 5.40. The number of hydrogen-bond donors (Lipinski definition) is 0. The van der Waals surface area contributed by atoms with Gasteiger partial charge in [-0.2, -0.15) is 10.5 Å². The molecule has 3 rings (SSSR count). The summed E-state index contributed by atoms with van der Waals surface area (Å²) in [5.74, 6) is 1.97. The molecule has 3 aromatic carbocycles. The van der Waals surface area contributed by atoms with Gasteiger partial charge in [0.2, 0.25) is 0 Å². The molecule has 3 aromatic rings. The van der Waals surface area contributed by atoms with Gasteiger partial charge >= 0.3 is 0 Å². The van der Waals surface area contributed by atoms with Gasteiger partial charge in [0.25, 0.3) is 0 Å². The summed E-state index contributed by atoms with van der Waals surface area (Å²) < 4.78 is 11.5. The fourth-order valence-corrected chi connectivity index (χ4v) is 2.26. The maximum absolute atomic E-state index is 8.93. The van der Waals surface area contributed by atoms with Crippen LogP contribution in [0.15, 0.2) is 72.8 Å². The molecule has 0 aliphatic rings. The van der Waals surface area contributed by atoms with Gasteiger partial charge in [-0.25, -0.2) is 0 Å². The first kappa shape index (κ1) is 16.1. The minimum absolute atomic E-state index is 0.371. The van der Waals surface area contributed by atoms with E-state index in [2.05, 4.69) is 12.1 Å². The monoisotopic (exact) mass is 326 g/mol. The lowest BCUT2D eigenvalue weighted by molar-refractivity contribution is 0.304. The van der Waals surface area contributed by atoms with E-state index in [-0.39, 0.29) is 0 Å². The molecule has 0 amide bonds. The van der Waals surface area contributed by atoms with Crippen molar-refractivity contribution >= 4 is 0 Å². The third kappa shape index (κ3) is 4.37. The van der Waals surface area contributed by atoms with E-state index < -0.39 is 0 Å². The molecule has 0 aliphatic heterocycles. The zero-order valence-corrected chi connectivity index (χ0v) is 13.3. The topological polar surface area (TPSA) is 66.0 Å². The van der Waals surface area contributed by atoms with Crippen LogP contribution in [0.1, 0.15) is 16.7 Å². The van der Waals surface area contributed by atoms with Gasteiger partial charge in [-0.15, -0.1) is 0 Å². The van der Waals surface area contributed by atoms with Crippen LogP contribution in [-0.4, -0.2) is 0 Å². The molecular formula is C21H14N2O2. The zero-order chi connectivity index (χ0) is 17.5. The zero-order valence-electron chi connectivity index (χ0n) is 13.3. The lowest BCUT2D eigenvalue weighted by atomic mass is 10.1. The van der Waals surface area contributed by atoms with Crippen LogP contribution in [0.4, 0.5) is 0 Å². The summed E-state index contributed by atoms with van der Waals surface area (Å²) in [6, 6.07) is 25.7. The minimum Gasteiger partial charge on any atom is -0.489 e. The molecule has 4 heteroatoms. The fraction of sp³-hybridized carbons (Fsp3) is 0.0476. The van der Waals surface area contributed by atoms with Crippen molar-refractivity contribution in [2.24, 2.45) is 0 Å². The van der Waals surface area contributed by atoms with Crippen LogP contribution in [0, 0.1) is 22.7 Å². The van der Waals surface area contributed by atoms with Crippen LogP contribution in [0.5, 0.6) is 17.2 Å². The number of hydrogen-bond acceptors (Lipinski definition) is 4. The SMILES string of the molecule is N#Cc1ccc(Oc2cccc(OCc3cccc(C#N)c3)c2)cc1. The van der Waals surface area contributed by atoms with Crippen LogP contribution >= 0.6 is 0 Å².